The fourth-order valence-electron chi connectivity index (χ4n) is 1.86. The molecule has 3 aromatic rings. The number of aromatic nitrogens is 3. The quantitative estimate of drug-likeness (QED) is 0.687. The Morgan fingerprint density at radius 1 is 1.06 bits per heavy atom. The summed E-state index contributed by atoms with van der Waals surface area (Å²) in [5, 5.41) is 0. The van der Waals surface area contributed by atoms with E-state index >= 15 is 0 Å². The van der Waals surface area contributed by atoms with Crippen LogP contribution in [0.15, 0.2) is 48.9 Å². The molecule has 4 nitrogen and oxygen atoms in total. The van der Waals surface area contributed by atoms with Crippen LogP contribution in [0.3, 0.4) is 0 Å². The van der Waals surface area contributed by atoms with E-state index in [1.54, 1.807) is 0 Å². The van der Waals surface area contributed by atoms with Crippen LogP contribution < -0.4 is 4.90 Å². The topological polar surface area (TPSA) is 33.4 Å². The van der Waals surface area contributed by atoms with E-state index in [2.05, 4.69) is 9.97 Å². The van der Waals surface area contributed by atoms with Crippen LogP contribution in [0.4, 0.5) is 5.69 Å². The number of nitrogens with zero attached hydrogens (tertiary/aromatic N) is 4. The Kier molecular flexibility index (Phi) is 2.48. The second-order valence-electron chi connectivity index (χ2n) is 4.39. The number of hydrogen-bond donors (Lipinski definition) is 0. The highest BCUT2D eigenvalue weighted by molar-refractivity contribution is 5.60. The number of imidazole rings is 1. The average molecular weight is 238 g/mol. The van der Waals surface area contributed by atoms with E-state index in [4.69, 9.17) is 0 Å². The fourth-order valence-corrected chi connectivity index (χ4v) is 1.86. The average Bonchev–Trinajstić information content (AvgIpc) is 2.82. The molecule has 0 atom stereocenters. The van der Waals surface area contributed by atoms with E-state index < -0.39 is 0 Å². The molecule has 3 rings (SSSR count). The Morgan fingerprint density at radius 3 is 2.61 bits per heavy atom. The number of rotatable bonds is 2. The standard InChI is InChI=1S/C14H14N4/c1-17(2)11-6-7-12(15-9-11)13-10-18-8-4-3-5-14(18)16-13/h3-10H,1-2H3. The maximum absolute atomic E-state index is 4.54. The molecular formula is C14H14N4. The highest BCUT2D eigenvalue weighted by Gasteiger charge is 2.05. The van der Waals surface area contributed by atoms with E-state index in [1.165, 1.54) is 0 Å². The van der Waals surface area contributed by atoms with E-state index in [0.29, 0.717) is 0 Å². The zero-order valence-electron chi connectivity index (χ0n) is 10.4. The first-order chi connectivity index (χ1) is 8.74. The largest absolute Gasteiger partial charge is 0.376 e. The van der Waals surface area contributed by atoms with E-state index in [-0.39, 0.29) is 0 Å². The minimum Gasteiger partial charge on any atom is -0.376 e. The normalized spacial score (nSPS) is 10.8. The third kappa shape index (κ3) is 1.82. The van der Waals surface area contributed by atoms with Gasteiger partial charge in [0.1, 0.15) is 11.3 Å². The molecule has 0 spiro atoms. The predicted octanol–water partition coefficient (Wildman–Crippen LogP) is 2.46. The Labute approximate surface area is 106 Å². The Morgan fingerprint density at radius 2 is 1.94 bits per heavy atom. The van der Waals surface area contributed by atoms with Gasteiger partial charge in [-0.15, -0.1) is 0 Å². The van der Waals surface area contributed by atoms with Gasteiger partial charge in [-0.05, 0) is 24.3 Å². The molecule has 0 amide bonds. The third-order valence-corrected chi connectivity index (χ3v) is 2.89. The van der Waals surface area contributed by atoms with Gasteiger partial charge < -0.3 is 9.30 Å². The lowest BCUT2D eigenvalue weighted by atomic mass is 10.3. The van der Waals surface area contributed by atoms with Gasteiger partial charge in [0.25, 0.3) is 0 Å². The van der Waals surface area contributed by atoms with Crippen LogP contribution in [-0.4, -0.2) is 28.5 Å². The van der Waals surface area contributed by atoms with Gasteiger partial charge in [-0.2, -0.15) is 0 Å². The van der Waals surface area contributed by atoms with Crippen LogP contribution in [0.5, 0.6) is 0 Å². The van der Waals surface area contributed by atoms with Gasteiger partial charge in [0, 0.05) is 26.5 Å². The van der Waals surface area contributed by atoms with Crippen molar-refractivity contribution in [3.63, 3.8) is 0 Å². The van der Waals surface area contributed by atoms with Crippen molar-refractivity contribution < 1.29 is 0 Å². The van der Waals surface area contributed by atoms with E-state index in [0.717, 1.165) is 22.7 Å². The summed E-state index contributed by atoms with van der Waals surface area (Å²) in [7, 11) is 4.00. The minimum absolute atomic E-state index is 0.893. The summed E-state index contributed by atoms with van der Waals surface area (Å²) in [6, 6.07) is 10.00. The second kappa shape index (κ2) is 4.14. The zero-order chi connectivity index (χ0) is 12.5. The molecule has 0 aliphatic rings. The van der Waals surface area contributed by atoms with Crippen LogP contribution in [0.25, 0.3) is 17.0 Å². The molecule has 3 heterocycles. The van der Waals surface area contributed by atoms with Crippen molar-refractivity contribution in [2.45, 2.75) is 0 Å². The molecule has 0 aliphatic carbocycles. The lowest BCUT2D eigenvalue weighted by molar-refractivity contribution is 1.11. The maximum Gasteiger partial charge on any atom is 0.137 e. The van der Waals surface area contributed by atoms with Crippen molar-refractivity contribution in [1.29, 1.82) is 0 Å². The predicted molar refractivity (Wildman–Crippen MR) is 72.8 cm³/mol. The van der Waals surface area contributed by atoms with Crippen molar-refractivity contribution in [2.75, 3.05) is 19.0 Å². The molecule has 0 aliphatic heterocycles. The van der Waals surface area contributed by atoms with E-state index in [1.807, 2.05) is 72.3 Å². The molecule has 3 aromatic heterocycles. The maximum atomic E-state index is 4.54. The van der Waals surface area contributed by atoms with Crippen molar-refractivity contribution in [3.05, 3.63) is 48.9 Å². The second-order valence-corrected chi connectivity index (χ2v) is 4.39. The van der Waals surface area contributed by atoms with Crippen molar-refractivity contribution in [3.8, 4) is 11.4 Å². The summed E-state index contributed by atoms with van der Waals surface area (Å²) in [6.07, 6.45) is 5.84. The minimum atomic E-state index is 0.893. The van der Waals surface area contributed by atoms with E-state index in [9.17, 15) is 0 Å². The number of pyridine rings is 2. The molecule has 0 aromatic carbocycles. The summed E-state index contributed by atoms with van der Waals surface area (Å²) in [6.45, 7) is 0. The van der Waals surface area contributed by atoms with Crippen molar-refractivity contribution >= 4 is 11.3 Å². The summed E-state index contributed by atoms with van der Waals surface area (Å²) < 4.78 is 2.00. The molecule has 4 heteroatoms. The van der Waals surface area contributed by atoms with Gasteiger partial charge in [0.2, 0.25) is 0 Å². The van der Waals surface area contributed by atoms with Crippen LogP contribution in [0, 0.1) is 0 Å². The molecular weight excluding hydrogens is 224 g/mol. The fraction of sp³-hybridized carbons (Fsp3) is 0.143. The highest BCUT2D eigenvalue weighted by atomic mass is 15.1. The van der Waals surface area contributed by atoms with Gasteiger partial charge in [0.05, 0.1) is 17.6 Å². The number of hydrogen-bond acceptors (Lipinski definition) is 3. The van der Waals surface area contributed by atoms with Gasteiger partial charge in [-0.25, -0.2) is 4.98 Å². The van der Waals surface area contributed by atoms with Crippen LogP contribution in [-0.2, 0) is 0 Å². The third-order valence-electron chi connectivity index (χ3n) is 2.89. The van der Waals surface area contributed by atoms with Gasteiger partial charge in [-0.3, -0.25) is 4.98 Å². The molecule has 18 heavy (non-hydrogen) atoms. The molecule has 90 valence electrons. The van der Waals surface area contributed by atoms with Gasteiger partial charge >= 0.3 is 0 Å². The Hall–Kier alpha value is -2.36. The summed E-state index contributed by atoms with van der Waals surface area (Å²) in [4.78, 5) is 11.0. The smallest absolute Gasteiger partial charge is 0.137 e. The molecule has 0 bridgehead atoms. The zero-order valence-corrected chi connectivity index (χ0v) is 10.4. The SMILES string of the molecule is CN(C)c1ccc(-c2cn3ccccc3n2)nc1. The number of fused-ring (bicyclic) bond motifs is 1. The lowest BCUT2D eigenvalue weighted by Crippen LogP contribution is -2.08. The van der Waals surface area contributed by atoms with Crippen LogP contribution in [0.1, 0.15) is 0 Å². The first-order valence-corrected chi connectivity index (χ1v) is 5.81. The summed E-state index contributed by atoms with van der Waals surface area (Å²) >= 11 is 0. The van der Waals surface area contributed by atoms with Crippen molar-refractivity contribution in [1.82, 2.24) is 14.4 Å². The number of anilines is 1. The first-order valence-electron chi connectivity index (χ1n) is 5.81. The molecule has 0 saturated carbocycles. The molecule has 0 unspecified atom stereocenters. The molecule has 0 N–H and O–H groups in total. The monoisotopic (exact) mass is 238 g/mol. The highest BCUT2D eigenvalue weighted by Crippen LogP contribution is 2.19. The van der Waals surface area contributed by atoms with Gasteiger partial charge in [0.15, 0.2) is 0 Å². The molecule has 0 radical (unpaired) electrons. The van der Waals surface area contributed by atoms with Crippen LogP contribution in [0.2, 0.25) is 0 Å². The molecule has 0 fully saturated rings. The first kappa shape index (κ1) is 10.8. The summed E-state index contributed by atoms with van der Waals surface area (Å²) in [5.41, 5.74) is 3.81. The Balaban J connectivity index is 2.03. The summed E-state index contributed by atoms with van der Waals surface area (Å²) in [5.74, 6) is 0. The molecule has 0 saturated heterocycles. The van der Waals surface area contributed by atoms with Crippen LogP contribution >= 0.6 is 0 Å². The van der Waals surface area contributed by atoms with Crippen molar-refractivity contribution in [2.24, 2.45) is 0 Å². The Bertz CT molecular complexity index is 635. The lowest BCUT2D eigenvalue weighted by Gasteiger charge is -2.11. The van der Waals surface area contributed by atoms with Gasteiger partial charge in [-0.1, -0.05) is 6.07 Å².